The van der Waals surface area contributed by atoms with Gasteiger partial charge in [-0.2, -0.15) is 14.6 Å². The Hall–Kier alpha value is -2.15. The monoisotopic (exact) mass is 312 g/mol. The molecule has 0 aliphatic rings. The molecule has 3 aromatic heterocycles. The molecule has 0 aliphatic carbocycles. The summed E-state index contributed by atoms with van der Waals surface area (Å²) in [6, 6.07) is 8.20. The van der Waals surface area contributed by atoms with Crippen molar-refractivity contribution in [2.75, 3.05) is 5.75 Å². The molecule has 0 unspecified atom stereocenters. The Morgan fingerprint density at radius 3 is 2.82 bits per heavy atom. The molecule has 0 aliphatic heterocycles. The van der Waals surface area contributed by atoms with Crippen LogP contribution in [0.25, 0.3) is 27.8 Å². The van der Waals surface area contributed by atoms with Crippen molar-refractivity contribution in [1.82, 2.24) is 29.4 Å². The fourth-order valence-corrected chi connectivity index (χ4v) is 3.35. The van der Waals surface area contributed by atoms with Crippen molar-refractivity contribution in [3.05, 3.63) is 24.3 Å². The van der Waals surface area contributed by atoms with E-state index in [1.807, 2.05) is 23.7 Å². The molecule has 0 radical (unpaired) electrons. The first kappa shape index (κ1) is 13.5. The van der Waals surface area contributed by atoms with Gasteiger partial charge in [0.2, 0.25) is 5.16 Å². The summed E-state index contributed by atoms with van der Waals surface area (Å²) in [5, 5.41) is 15.0. The molecular weight excluding hydrogens is 296 g/mol. The van der Waals surface area contributed by atoms with Gasteiger partial charge >= 0.3 is 0 Å². The lowest BCUT2D eigenvalue weighted by atomic mass is 10.2. The summed E-state index contributed by atoms with van der Waals surface area (Å²) in [5.74, 6) is 2.12. The molecule has 0 saturated heterocycles. The fourth-order valence-electron chi connectivity index (χ4n) is 2.53. The van der Waals surface area contributed by atoms with Gasteiger partial charge in [0.15, 0.2) is 5.65 Å². The molecule has 22 heavy (non-hydrogen) atoms. The number of benzene rings is 1. The molecule has 0 spiro atoms. The van der Waals surface area contributed by atoms with Crippen molar-refractivity contribution in [3.8, 4) is 0 Å². The second kappa shape index (κ2) is 4.95. The maximum Gasteiger partial charge on any atom is 0.274 e. The van der Waals surface area contributed by atoms with E-state index < -0.39 is 0 Å². The van der Waals surface area contributed by atoms with E-state index in [2.05, 4.69) is 41.2 Å². The number of para-hydroxylation sites is 1. The highest BCUT2D eigenvalue weighted by Crippen LogP contribution is 2.26. The van der Waals surface area contributed by atoms with Crippen LogP contribution in [0.5, 0.6) is 0 Å². The number of aryl methyl sites for hydroxylation is 1. The van der Waals surface area contributed by atoms with Gasteiger partial charge in [-0.25, -0.2) is 0 Å². The number of hydrogen-bond donors (Lipinski definition) is 0. The van der Waals surface area contributed by atoms with E-state index in [0.717, 1.165) is 33.0 Å². The number of nitrogens with zero attached hydrogens (tertiary/aromatic N) is 6. The van der Waals surface area contributed by atoms with Gasteiger partial charge in [0.05, 0.1) is 5.52 Å². The molecule has 0 atom stereocenters. The van der Waals surface area contributed by atoms with Gasteiger partial charge in [-0.3, -0.25) is 0 Å². The second-order valence-corrected chi connectivity index (χ2v) is 6.75. The van der Waals surface area contributed by atoms with Crippen LogP contribution in [0.15, 0.2) is 29.4 Å². The number of thioether (sulfide) groups is 1. The lowest BCUT2D eigenvalue weighted by Gasteiger charge is -2.02. The van der Waals surface area contributed by atoms with E-state index in [9.17, 15) is 0 Å². The molecule has 7 heteroatoms. The molecule has 0 amide bonds. The molecule has 6 nitrogen and oxygen atoms in total. The zero-order valence-electron chi connectivity index (χ0n) is 12.7. The van der Waals surface area contributed by atoms with Gasteiger partial charge < -0.3 is 4.57 Å². The van der Waals surface area contributed by atoms with E-state index in [-0.39, 0.29) is 0 Å². The minimum atomic E-state index is 0.546. The van der Waals surface area contributed by atoms with E-state index >= 15 is 0 Å². The van der Waals surface area contributed by atoms with Crippen LogP contribution in [0.3, 0.4) is 0 Å². The van der Waals surface area contributed by atoms with E-state index in [1.54, 1.807) is 16.3 Å². The Bertz CT molecular complexity index is 984. The van der Waals surface area contributed by atoms with Crippen molar-refractivity contribution in [3.63, 3.8) is 0 Å². The van der Waals surface area contributed by atoms with Gasteiger partial charge in [-0.1, -0.05) is 43.8 Å². The number of aromatic nitrogens is 6. The van der Waals surface area contributed by atoms with Crippen molar-refractivity contribution >= 4 is 39.6 Å². The third kappa shape index (κ3) is 1.96. The summed E-state index contributed by atoms with van der Waals surface area (Å²) in [7, 11) is 2.00. The first-order valence-electron chi connectivity index (χ1n) is 7.24. The minimum Gasteiger partial charge on any atom is -0.327 e. The molecule has 4 aromatic rings. The highest BCUT2D eigenvalue weighted by Gasteiger charge is 2.15. The minimum absolute atomic E-state index is 0.546. The highest BCUT2D eigenvalue weighted by molar-refractivity contribution is 7.99. The van der Waals surface area contributed by atoms with Crippen molar-refractivity contribution in [2.45, 2.75) is 19.0 Å². The van der Waals surface area contributed by atoms with Crippen LogP contribution in [0.4, 0.5) is 0 Å². The van der Waals surface area contributed by atoms with Gasteiger partial charge in [0.1, 0.15) is 5.52 Å². The van der Waals surface area contributed by atoms with Crippen LogP contribution in [0.1, 0.15) is 13.8 Å². The Labute approximate surface area is 131 Å². The van der Waals surface area contributed by atoms with Crippen LogP contribution in [-0.4, -0.2) is 35.1 Å². The van der Waals surface area contributed by atoms with Crippen LogP contribution in [0.2, 0.25) is 0 Å². The summed E-state index contributed by atoms with van der Waals surface area (Å²) in [4.78, 5) is 4.64. The molecule has 4 rings (SSSR count). The maximum absolute atomic E-state index is 4.75. The third-order valence-electron chi connectivity index (χ3n) is 3.60. The molecule has 112 valence electrons. The molecule has 3 heterocycles. The zero-order valence-corrected chi connectivity index (χ0v) is 13.5. The quantitative estimate of drug-likeness (QED) is 0.544. The predicted molar refractivity (Wildman–Crippen MR) is 88.1 cm³/mol. The maximum atomic E-state index is 4.75. The third-order valence-corrected chi connectivity index (χ3v) is 4.94. The topological polar surface area (TPSA) is 60.9 Å². The lowest BCUT2D eigenvalue weighted by Crippen LogP contribution is -2.00. The summed E-state index contributed by atoms with van der Waals surface area (Å²) in [5.41, 5.74) is 2.84. The Morgan fingerprint density at radius 2 is 2.00 bits per heavy atom. The molecule has 1 aromatic carbocycles. The van der Waals surface area contributed by atoms with Gasteiger partial charge in [0.25, 0.3) is 5.78 Å². The standard InChI is InChI=1S/C15H16N6S/c1-9(2)8-22-15-18-17-14-16-13-12(19-21(14)15)10-6-4-5-7-11(10)20(13)3/h4-7,9H,8H2,1-3H3. The van der Waals surface area contributed by atoms with Crippen molar-refractivity contribution in [2.24, 2.45) is 13.0 Å². The second-order valence-electron chi connectivity index (χ2n) is 5.76. The average Bonchev–Trinajstić information content (AvgIpc) is 3.04. The van der Waals surface area contributed by atoms with Crippen LogP contribution < -0.4 is 0 Å². The van der Waals surface area contributed by atoms with Crippen molar-refractivity contribution in [1.29, 1.82) is 0 Å². The van der Waals surface area contributed by atoms with Gasteiger partial charge in [0, 0.05) is 18.2 Å². The summed E-state index contributed by atoms with van der Waals surface area (Å²) >= 11 is 1.67. The van der Waals surface area contributed by atoms with Gasteiger partial charge in [-0.15, -0.1) is 10.2 Å². The summed E-state index contributed by atoms with van der Waals surface area (Å²) in [6.07, 6.45) is 0. The Kier molecular flexibility index (Phi) is 3.04. The van der Waals surface area contributed by atoms with Crippen LogP contribution in [0, 0.1) is 5.92 Å². The SMILES string of the molecule is CC(C)CSc1nnc2nc3c(nn12)c1ccccc1n3C. The molecule has 0 bridgehead atoms. The van der Waals surface area contributed by atoms with E-state index in [0.29, 0.717) is 11.7 Å². The Balaban J connectivity index is 1.98. The number of hydrogen-bond acceptors (Lipinski definition) is 5. The van der Waals surface area contributed by atoms with Gasteiger partial charge in [-0.05, 0) is 12.0 Å². The smallest absolute Gasteiger partial charge is 0.274 e. The predicted octanol–water partition coefficient (Wildman–Crippen LogP) is 2.91. The van der Waals surface area contributed by atoms with Crippen LogP contribution in [-0.2, 0) is 7.05 Å². The van der Waals surface area contributed by atoms with Crippen molar-refractivity contribution < 1.29 is 0 Å². The average molecular weight is 312 g/mol. The first-order chi connectivity index (χ1) is 10.6. The normalized spacial score (nSPS) is 12.2. The van der Waals surface area contributed by atoms with E-state index in [4.69, 9.17) is 5.10 Å². The molecule has 0 fully saturated rings. The first-order valence-corrected chi connectivity index (χ1v) is 8.23. The largest absolute Gasteiger partial charge is 0.327 e. The highest BCUT2D eigenvalue weighted by atomic mass is 32.2. The lowest BCUT2D eigenvalue weighted by molar-refractivity contribution is 0.742. The summed E-state index contributed by atoms with van der Waals surface area (Å²) in [6.45, 7) is 4.37. The van der Waals surface area contributed by atoms with Crippen LogP contribution >= 0.6 is 11.8 Å². The fraction of sp³-hybridized carbons (Fsp3) is 0.333. The number of fused-ring (bicyclic) bond motifs is 4. The zero-order chi connectivity index (χ0) is 15.3. The number of rotatable bonds is 3. The molecule has 0 saturated carbocycles. The summed E-state index contributed by atoms with van der Waals surface area (Å²) < 4.78 is 3.80. The molecule has 0 N–H and O–H groups in total. The molecular formula is C15H16N6S. The van der Waals surface area contributed by atoms with E-state index in [1.165, 1.54) is 0 Å². The Morgan fingerprint density at radius 1 is 1.18 bits per heavy atom.